The molecule has 2 amide bonds. The van der Waals surface area contributed by atoms with Crippen molar-refractivity contribution >= 4 is 29.1 Å². The number of nitrogens with zero attached hydrogens (tertiary/aromatic N) is 4. The maximum atomic E-state index is 13.2. The van der Waals surface area contributed by atoms with E-state index < -0.39 is 0 Å². The molecule has 1 aromatic heterocycles. The van der Waals surface area contributed by atoms with E-state index in [0.717, 1.165) is 24.6 Å². The third-order valence-corrected chi connectivity index (χ3v) is 5.32. The van der Waals surface area contributed by atoms with Crippen LogP contribution in [0.5, 0.6) is 5.75 Å². The maximum absolute atomic E-state index is 13.2. The van der Waals surface area contributed by atoms with Crippen LogP contribution in [0.2, 0.25) is 5.02 Å². The number of anilines is 2. The second-order valence-corrected chi connectivity index (χ2v) is 7.53. The lowest BCUT2D eigenvalue weighted by molar-refractivity contribution is 0.190. The molecule has 3 heterocycles. The minimum Gasteiger partial charge on any atom is -0.489 e. The Morgan fingerprint density at radius 2 is 1.96 bits per heavy atom. The number of amides is 2. The first-order valence-electron chi connectivity index (χ1n) is 9.21. The van der Waals surface area contributed by atoms with Gasteiger partial charge in [0.2, 0.25) is 0 Å². The molecule has 0 saturated carbocycles. The average Bonchev–Trinajstić information content (AvgIpc) is 2.68. The molecule has 4 rings (SSSR count). The van der Waals surface area contributed by atoms with Gasteiger partial charge < -0.3 is 14.5 Å². The number of ether oxygens (including phenoxy) is 1. The number of urea groups is 1. The number of hydrogen-bond donors (Lipinski definition) is 0. The summed E-state index contributed by atoms with van der Waals surface area (Å²) in [4.78, 5) is 23.7. The highest BCUT2D eigenvalue weighted by Gasteiger charge is 2.34. The highest BCUT2D eigenvalue weighted by atomic mass is 35.5. The van der Waals surface area contributed by atoms with Crippen LogP contribution >= 0.6 is 11.6 Å². The molecule has 0 bridgehead atoms. The molecule has 0 spiro atoms. The van der Waals surface area contributed by atoms with Gasteiger partial charge in [-0.3, -0.25) is 4.90 Å². The smallest absolute Gasteiger partial charge is 0.325 e. The number of pyridine rings is 1. The number of carbonyl (C=O) groups excluding carboxylic acids is 1. The molecule has 2 aliphatic rings. The van der Waals surface area contributed by atoms with Gasteiger partial charge in [-0.2, -0.15) is 0 Å². The van der Waals surface area contributed by atoms with Gasteiger partial charge in [-0.15, -0.1) is 0 Å². The van der Waals surface area contributed by atoms with Gasteiger partial charge in [-0.1, -0.05) is 11.6 Å². The van der Waals surface area contributed by atoms with Crippen LogP contribution < -0.4 is 14.5 Å². The lowest BCUT2D eigenvalue weighted by Gasteiger charge is -2.41. The fourth-order valence-corrected chi connectivity index (χ4v) is 3.75. The Bertz CT molecular complexity index is 852. The van der Waals surface area contributed by atoms with Crippen LogP contribution in [0.25, 0.3) is 0 Å². The summed E-state index contributed by atoms with van der Waals surface area (Å²) < 4.78 is 5.76. The van der Waals surface area contributed by atoms with Crippen molar-refractivity contribution in [1.29, 1.82) is 0 Å². The normalized spacial score (nSPS) is 19.5. The van der Waals surface area contributed by atoms with Gasteiger partial charge in [0, 0.05) is 43.5 Å². The van der Waals surface area contributed by atoms with Gasteiger partial charge in [-0.25, -0.2) is 9.78 Å². The van der Waals surface area contributed by atoms with Gasteiger partial charge in [0.25, 0.3) is 0 Å². The summed E-state index contributed by atoms with van der Waals surface area (Å²) in [7, 11) is 0. The number of hydrogen-bond acceptors (Lipinski definition) is 4. The summed E-state index contributed by atoms with van der Waals surface area (Å²) in [5.74, 6) is 1.64. The van der Waals surface area contributed by atoms with Crippen LogP contribution in [0.1, 0.15) is 12.5 Å². The zero-order valence-corrected chi connectivity index (χ0v) is 16.3. The fraction of sp³-hybridized carbons (Fsp3) is 0.400. The molecule has 1 aromatic carbocycles. The van der Waals surface area contributed by atoms with Gasteiger partial charge in [0.05, 0.1) is 11.7 Å². The van der Waals surface area contributed by atoms with Gasteiger partial charge in [0.1, 0.15) is 18.2 Å². The Labute approximate surface area is 164 Å². The number of aryl methyl sites for hydroxylation is 1. The Morgan fingerprint density at radius 1 is 1.19 bits per heavy atom. The number of aromatic nitrogens is 1. The molecule has 0 N–H and O–H groups in total. The molecule has 1 saturated heterocycles. The predicted molar refractivity (Wildman–Crippen MR) is 107 cm³/mol. The maximum Gasteiger partial charge on any atom is 0.325 e. The first kappa shape index (κ1) is 17.9. The van der Waals surface area contributed by atoms with Crippen LogP contribution in [-0.2, 0) is 0 Å². The molecule has 2 aromatic rings. The van der Waals surface area contributed by atoms with E-state index >= 15 is 0 Å². The summed E-state index contributed by atoms with van der Waals surface area (Å²) in [5, 5.41) is 0.606. The number of piperazine rings is 1. The average molecular weight is 387 g/mol. The SMILES string of the molecule is Cc1ccnc(N2CCN(C(=O)N3c4ccc(Cl)cc4OCC3C)CC2)c1. The number of halogens is 1. The Kier molecular flexibility index (Phi) is 4.83. The van der Waals surface area contributed by atoms with Gasteiger partial charge in [0.15, 0.2) is 0 Å². The standard InChI is InChI=1S/C20H23ClN4O2/c1-14-5-6-22-19(11-14)23-7-9-24(10-8-23)20(26)25-15(2)13-27-18-12-16(21)3-4-17(18)25/h3-6,11-12,15H,7-10,13H2,1-2H3. The van der Waals surface area contributed by atoms with Crippen molar-refractivity contribution in [2.24, 2.45) is 0 Å². The van der Waals surface area contributed by atoms with Crippen LogP contribution in [-0.4, -0.2) is 54.7 Å². The highest BCUT2D eigenvalue weighted by molar-refractivity contribution is 6.30. The van der Waals surface area contributed by atoms with Crippen molar-refractivity contribution < 1.29 is 9.53 Å². The summed E-state index contributed by atoms with van der Waals surface area (Å²) in [6.45, 7) is 7.41. The van der Waals surface area contributed by atoms with Crippen molar-refractivity contribution in [2.75, 3.05) is 42.6 Å². The second-order valence-electron chi connectivity index (χ2n) is 7.09. The predicted octanol–water partition coefficient (Wildman–Crippen LogP) is 3.57. The molecule has 1 atom stereocenters. The Balaban J connectivity index is 1.48. The summed E-state index contributed by atoms with van der Waals surface area (Å²) in [5.41, 5.74) is 1.97. The van der Waals surface area contributed by atoms with E-state index in [1.807, 2.05) is 35.1 Å². The Hall–Kier alpha value is -2.47. The van der Waals surface area contributed by atoms with Crippen LogP contribution in [0, 0.1) is 6.92 Å². The summed E-state index contributed by atoms with van der Waals surface area (Å²) in [6.07, 6.45) is 1.83. The van der Waals surface area contributed by atoms with Crippen LogP contribution in [0.3, 0.4) is 0 Å². The molecule has 0 aliphatic carbocycles. The van der Waals surface area contributed by atoms with E-state index in [4.69, 9.17) is 16.3 Å². The van der Waals surface area contributed by atoms with E-state index in [1.54, 1.807) is 12.1 Å². The summed E-state index contributed by atoms with van der Waals surface area (Å²) >= 11 is 6.07. The van der Waals surface area contributed by atoms with E-state index in [9.17, 15) is 4.79 Å². The van der Waals surface area contributed by atoms with Crippen molar-refractivity contribution in [3.63, 3.8) is 0 Å². The molecule has 1 fully saturated rings. The number of fused-ring (bicyclic) bond motifs is 1. The van der Waals surface area contributed by atoms with Crippen LogP contribution in [0.15, 0.2) is 36.5 Å². The first-order valence-corrected chi connectivity index (χ1v) is 9.59. The number of benzene rings is 1. The van der Waals surface area contributed by atoms with Crippen molar-refractivity contribution in [2.45, 2.75) is 19.9 Å². The lowest BCUT2D eigenvalue weighted by Crippen LogP contribution is -2.56. The van der Waals surface area contributed by atoms with E-state index in [2.05, 4.69) is 22.9 Å². The third kappa shape index (κ3) is 3.54. The zero-order valence-electron chi connectivity index (χ0n) is 15.6. The highest BCUT2D eigenvalue weighted by Crippen LogP contribution is 2.36. The van der Waals surface area contributed by atoms with Crippen molar-refractivity contribution in [1.82, 2.24) is 9.88 Å². The number of carbonyl (C=O) groups is 1. The van der Waals surface area contributed by atoms with E-state index in [1.165, 1.54) is 5.56 Å². The lowest BCUT2D eigenvalue weighted by atomic mass is 10.1. The second kappa shape index (κ2) is 7.27. The summed E-state index contributed by atoms with van der Waals surface area (Å²) in [6, 6.07) is 9.49. The van der Waals surface area contributed by atoms with Crippen LogP contribution in [0.4, 0.5) is 16.3 Å². The molecular formula is C20H23ClN4O2. The third-order valence-electron chi connectivity index (χ3n) is 5.08. The van der Waals surface area contributed by atoms with E-state index in [-0.39, 0.29) is 12.1 Å². The fourth-order valence-electron chi connectivity index (χ4n) is 3.59. The quantitative estimate of drug-likeness (QED) is 0.751. The first-order chi connectivity index (χ1) is 13.0. The van der Waals surface area contributed by atoms with Gasteiger partial charge >= 0.3 is 6.03 Å². The molecule has 142 valence electrons. The van der Waals surface area contributed by atoms with Crippen molar-refractivity contribution in [3.05, 3.63) is 47.1 Å². The molecule has 6 nitrogen and oxygen atoms in total. The molecular weight excluding hydrogens is 364 g/mol. The minimum absolute atomic E-state index is 0.0197. The zero-order chi connectivity index (χ0) is 19.0. The largest absolute Gasteiger partial charge is 0.489 e. The topological polar surface area (TPSA) is 48.9 Å². The Morgan fingerprint density at radius 3 is 2.70 bits per heavy atom. The van der Waals surface area contributed by atoms with E-state index in [0.29, 0.717) is 30.5 Å². The molecule has 1 unspecified atom stereocenters. The van der Waals surface area contributed by atoms with Crippen molar-refractivity contribution in [3.8, 4) is 5.75 Å². The minimum atomic E-state index is -0.0253. The monoisotopic (exact) mass is 386 g/mol. The molecule has 7 heteroatoms. The molecule has 2 aliphatic heterocycles. The molecule has 27 heavy (non-hydrogen) atoms. The van der Waals surface area contributed by atoms with Gasteiger partial charge in [-0.05, 0) is 43.7 Å². The molecule has 0 radical (unpaired) electrons. The number of rotatable bonds is 1.